The molecule has 1 aromatic heterocycles. The molecule has 0 fully saturated rings. The average molecular weight is 409 g/mol. The minimum Gasteiger partial charge on any atom is -0.233 e. The van der Waals surface area contributed by atoms with E-state index in [4.69, 9.17) is 5.26 Å². The Hall–Kier alpha value is -4.30. The Kier molecular flexibility index (Phi) is 5.82. The molecule has 0 saturated heterocycles. The third-order valence-corrected chi connectivity index (χ3v) is 4.63. The minimum absolute atomic E-state index is 0.282. The van der Waals surface area contributed by atoms with Gasteiger partial charge in [-0.15, -0.1) is 0 Å². The number of aromatic nitrogens is 2. The van der Waals surface area contributed by atoms with Crippen molar-refractivity contribution in [2.75, 3.05) is 0 Å². The Morgan fingerprint density at radius 1 is 0.710 bits per heavy atom. The van der Waals surface area contributed by atoms with Crippen molar-refractivity contribution in [3.05, 3.63) is 119 Å². The maximum absolute atomic E-state index is 13.2. The molecule has 0 aliphatic carbocycles. The van der Waals surface area contributed by atoms with Crippen LogP contribution in [0.4, 0.5) is 8.78 Å². The molecule has 4 aromatic rings. The molecule has 0 N–H and O–H groups in total. The molecule has 1 heterocycles. The molecule has 0 aliphatic rings. The van der Waals surface area contributed by atoms with Crippen LogP contribution in [0.1, 0.15) is 28.1 Å². The van der Waals surface area contributed by atoms with Gasteiger partial charge in [0.15, 0.2) is 0 Å². The van der Waals surface area contributed by atoms with Gasteiger partial charge < -0.3 is 0 Å². The minimum atomic E-state index is -0.284. The molecule has 0 aliphatic heterocycles. The highest BCUT2D eigenvalue weighted by Crippen LogP contribution is 2.18. The largest absolute Gasteiger partial charge is 0.233 e. The van der Waals surface area contributed by atoms with Gasteiger partial charge in [-0.2, -0.15) is 10.4 Å². The topological polar surface area (TPSA) is 41.6 Å². The number of halogens is 2. The van der Waals surface area contributed by atoms with Crippen LogP contribution in [0.5, 0.6) is 0 Å². The predicted molar refractivity (Wildman–Crippen MR) is 119 cm³/mol. The van der Waals surface area contributed by atoms with Gasteiger partial charge in [-0.1, -0.05) is 36.4 Å². The molecule has 0 saturated carbocycles. The first kappa shape index (κ1) is 20.0. The molecule has 0 amide bonds. The number of rotatable bonds is 5. The van der Waals surface area contributed by atoms with Crippen molar-refractivity contribution in [1.82, 2.24) is 9.78 Å². The Morgan fingerprint density at radius 2 is 1.26 bits per heavy atom. The fourth-order valence-electron chi connectivity index (χ4n) is 3.01. The van der Waals surface area contributed by atoms with E-state index >= 15 is 0 Å². The summed E-state index contributed by atoms with van der Waals surface area (Å²) in [5.74, 6) is -0.566. The van der Waals surface area contributed by atoms with E-state index in [1.165, 1.54) is 24.3 Å². The average Bonchev–Trinajstić information content (AvgIpc) is 3.21. The van der Waals surface area contributed by atoms with Gasteiger partial charge >= 0.3 is 0 Å². The Labute approximate surface area is 178 Å². The summed E-state index contributed by atoms with van der Waals surface area (Å²) in [6.07, 6.45) is 7.48. The highest BCUT2D eigenvalue weighted by atomic mass is 19.1. The summed E-state index contributed by atoms with van der Waals surface area (Å²) in [5, 5.41) is 13.7. The van der Waals surface area contributed by atoms with Crippen LogP contribution in [0.15, 0.2) is 78.9 Å². The van der Waals surface area contributed by atoms with E-state index in [9.17, 15) is 8.78 Å². The monoisotopic (exact) mass is 409 g/mol. The van der Waals surface area contributed by atoms with E-state index in [0.717, 1.165) is 22.5 Å². The Bertz CT molecular complexity index is 1270. The Morgan fingerprint density at radius 3 is 1.81 bits per heavy atom. The van der Waals surface area contributed by atoms with Crippen molar-refractivity contribution in [2.45, 2.75) is 0 Å². The lowest BCUT2D eigenvalue weighted by molar-refractivity contribution is 0.627. The summed E-state index contributed by atoms with van der Waals surface area (Å²) in [4.78, 5) is 0. The fraction of sp³-hybridized carbons (Fsp3) is 0. The second-order valence-electron chi connectivity index (χ2n) is 6.83. The van der Waals surface area contributed by atoms with E-state index < -0.39 is 0 Å². The van der Waals surface area contributed by atoms with Gasteiger partial charge in [-0.05, 0) is 77.9 Å². The smallest absolute Gasteiger partial charge is 0.123 e. The zero-order valence-electron chi connectivity index (χ0n) is 16.4. The second-order valence-corrected chi connectivity index (χ2v) is 6.83. The van der Waals surface area contributed by atoms with Crippen LogP contribution in [-0.2, 0) is 0 Å². The van der Waals surface area contributed by atoms with Crippen LogP contribution in [0.3, 0.4) is 0 Å². The van der Waals surface area contributed by atoms with Gasteiger partial charge in [-0.25, -0.2) is 13.5 Å². The highest BCUT2D eigenvalue weighted by Gasteiger charge is 2.07. The van der Waals surface area contributed by atoms with E-state index in [2.05, 4.69) is 11.2 Å². The fourth-order valence-corrected chi connectivity index (χ4v) is 3.01. The standard InChI is InChI=1S/C26H17F2N3/c27-22-9-1-19(2-10-22)5-13-24-17-26(16-6-20-3-11-23(28)12-4-20)31(30-24)25-14-7-21(18-29)8-15-25/h1-17H/b13-5+,16-6+. The maximum Gasteiger partial charge on any atom is 0.123 e. The molecule has 3 nitrogen and oxygen atoms in total. The van der Waals surface area contributed by atoms with Crippen LogP contribution in [0, 0.1) is 23.0 Å². The molecule has 150 valence electrons. The van der Waals surface area contributed by atoms with E-state index in [1.54, 1.807) is 41.1 Å². The molecule has 0 unspecified atom stereocenters. The van der Waals surface area contributed by atoms with Crippen LogP contribution >= 0.6 is 0 Å². The second kappa shape index (κ2) is 9.02. The van der Waals surface area contributed by atoms with Crippen molar-refractivity contribution in [2.24, 2.45) is 0 Å². The lowest BCUT2D eigenvalue weighted by atomic mass is 10.1. The van der Waals surface area contributed by atoms with Crippen LogP contribution in [0.2, 0.25) is 0 Å². The zero-order chi connectivity index (χ0) is 21.6. The first-order valence-corrected chi connectivity index (χ1v) is 9.59. The van der Waals surface area contributed by atoms with Gasteiger partial charge in [0.2, 0.25) is 0 Å². The number of benzene rings is 3. The van der Waals surface area contributed by atoms with Gasteiger partial charge in [-0.3, -0.25) is 0 Å². The number of nitriles is 1. The lowest BCUT2D eigenvalue weighted by Gasteiger charge is -2.04. The molecule has 0 atom stereocenters. The van der Waals surface area contributed by atoms with Crippen molar-refractivity contribution in [1.29, 1.82) is 5.26 Å². The van der Waals surface area contributed by atoms with Gasteiger partial charge in [0.25, 0.3) is 0 Å². The molecular weight excluding hydrogens is 392 g/mol. The lowest BCUT2D eigenvalue weighted by Crippen LogP contribution is -1.99. The molecule has 5 heteroatoms. The third-order valence-electron chi connectivity index (χ3n) is 4.63. The first-order chi connectivity index (χ1) is 15.1. The number of hydrogen-bond donors (Lipinski definition) is 0. The molecule has 0 spiro atoms. The molecule has 0 radical (unpaired) electrons. The number of nitrogens with zero attached hydrogens (tertiary/aromatic N) is 3. The maximum atomic E-state index is 13.2. The quantitative estimate of drug-likeness (QED) is 0.385. The Balaban J connectivity index is 1.69. The van der Waals surface area contributed by atoms with Crippen LogP contribution < -0.4 is 0 Å². The molecule has 4 rings (SSSR count). The molecule has 31 heavy (non-hydrogen) atoms. The summed E-state index contributed by atoms with van der Waals surface area (Å²) in [5.41, 5.74) is 4.62. The van der Waals surface area contributed by atoms with E-state index in [-0.39, 0.29) is 11.6 Å². The SMILES string of the molecule is N#Cc1ccc(-n2nc(/C=C/c3ccc(F)cc3)cc2/C=C/c2ccc(F)cc2)cc1. The van der Waals surface area contributed by atoms with Crippen LogP contribution in [-0.4, -0.2) is 9.78 Å². The van der Waals surface area contributed by atoms with Crippen molar-refractivity contribution in [3.63, 3.8) is 0 Å². The highest BCUT2D eigenvalue weighted by molar-refractivity contribution is 5.73. The summed E-state index contributed by atoms with van der Waals surface area (Å²) < 4.78 is 28.0. The molecule has 3 aromatic carbocycles. The molecule has 0 bridgehead atoms. The summed E-state index contributed by atoms with van der Waals surface area (Å²) in [6.45, 7) is 0. The predicted octanol–water partition coefficient (Wildman–Crippen LogP) is 6.36. The number of hydrogen-bond acceptors (Lipinski definition) is 2. The van der Waals surface area contributed by atoms with Crippen molar-refractivity contribution >= 4 is 24.3 Å². The van der Waals surface area contributed by atoms with Crippen molar-refractivity contribution < 1.29 is 8.78 Å². The van der Waals surface area contributed by atoms with Crippen molar-refractivity contribution in [3.8, 4) is 11.8 Å². The van der Waals surface area contributed by atoms with E-state index in [0.29, 0.717) is 11.3 Å². The summed E-state index contributed by atoms with van der Waals surface area (Å²) >= 11 is 0. The normalized spacial score (nSPS) is 11.3. The summed E-state index contributed by atoms with van der Waals surface area (Å²) in [6, 6.07) is 23.6. The van der Waals surface area contributed by atoms with Gasteiger partial charge in [0, 0.05) is 0 Å². The van der Waals surface area contributed by atoms with Crippen LogP contribution in [0.25, 0.3) is 30.0 Å². The van der Waals surface area contributed by atoms with Gasteiger partial charge in [0.1, 0.15) is 11.6 Å². The third kappa shape index (κ3) is 5.01. The van der Waals surface area contributed by atoms with Gasteiger partial charge in [0.05, 0.1) is 28.7 Å². The van der Waals surface area contributed by atoms with E-state index in [1.807, 2.05) is 42.5 Å². The molecular formula is C26H17F2N3. The summed E-state index contributed by atoms with van der Waals surface area (Å²) in [7, 11) is 0. The first-order valence-electron chi connectivity index (χ1n) is 9.59. The zero-order valence-corrected chi connectivity index (χ0v) is 16.4.